The number of benzene rings is 1. The van der Waals surface area contributed by atoms with Crippen molar-refractivity contribution in [2.45, 2.75) is 12.3 Å². The van der Waals surface area contributed by atoms with Crippen LogP contribution in [0, 0.1) is 0 Å². The molecule has 1 saturated heterocycles. The fraction of sp³-hybridized carbons (Fsp3) is 0.368. The monoisotopic (exact) mass is 386 g/mol. The summed E-state index contributed by atoms with van der Waals surface area (Å²) in [5, 5.41) is 3.30. The maximum atomic E-state index is 12.4. The number of thiazole rings is 1. The number of nitrogens with zero attached hydrogens (tertiary/aromatic N) is 3. The van der Waals surface area contributed by atoms with Crippen LogP contribution in [0.4, 0.5) is 0 Å². The summed E-state index contributed by atoms with van der Waals surface area (Å²) in [6, 6.07) is 10.6. The normalized spacial score (nSPS) is 15.6. The number of carbonyl (C=O) groups is 1. The first-order chi connectivity index (χ1) is 12.8. The van der Waals surface area contributed by atoms with Crippen LogP contribution in [0.25, 0.3) is 10.9 Å². The van der Waals surface area contributed by atoms with Gasteiger partial charge < -0.3 is 9.88 Å². The highest BCUT2D eigenvalue weighted by atomic mass is 32.2. The molecular formula is C19H22N4OS2. The predicted octanol–water partition coefficient (Wildman–Crippen LogP) is 3.20. The molecule has 7 heteroatoms. The molecule has 1 aliphatic rings. The number of rotatable bonds is 6. The highest BCUT2D eigenvalue weighted by Gasteiger charge is 2.21. The Kier molecular flexibility index (Phi) is 5.57. The molecular weight excluding hydrogens is 364 g/mol. The Morgan fingerprint density at radius 1 is 1.23 bits per heavy atom. The second-order valence-electron chi connectivity index (χ2n) is 6.51. The molecule has 1 aliphatic heterocycles. The van der Waals surface area contributed by atoms with E-state index < -0.39 is 0 Å². The van der Waals surface area contributed by atoms with Crippen LogP contribution >= 0.6 is 23.1 Å². The van der Waals surface area contributed by atoms with Gasteiger partial charge in [-0.15, -0.1) is 23.1 Å². The predicted molar refractivity (Wildman–Crippen MR) is 108 cm³/mol. The maximum absolute atomic E-state index is 12.4. The summed E-state index contributed by atoms with van der Waals surface area (Å²) in [6.45, 7) is 4.40. The van der Waals surface area contributed by atoms with E-state index in [4.69, 9.17) is 0 Å². The molecule has 0 unspecified atom stereocenters. The number of aromatic nitrogens is 2. The van der Waals surface area contributed by atoms with Crippen molar-refractivity contribution in [2.24, 2.45) is 0 Å². The number of hydrogen-bond donors (Lipinski definition) is 1. The van der Waals surface area contributed by atoms with Crippen molar-refractivity contribution in [2.75, 3.05) is 31.9 Å². The first-order valence-electron chi connectivity index (χ1n) is 8.79. The quantitative estimate of drug-likeness (QED) is 0.707. The van der Waals surface area contributed by atoms with E-state index in [2.05, 4.69) is 45.2 Å². The molecule has 1 N–H and O–H groups in total. The minimum Gasteiger partial charge on any atom is -0.357 e. The SMILES string of the molecule is O=C(CSCc1cscn1)N1CCN(Cc2cc3ccccc3[nH]2)CC1. The van der Waals surface area contributed by atoms with Crippen molar-refractivity contribution in [3.05, 3.63) is 52.6 Å². The van der Waals surface area contributed by atoms with Gasteiger partial charge in [0, 0.05) is 55.1 Å². The van der Waals surface area contributed by atoms with Crippen LogP contribution in [-0.4, -0.2) is 57.6 Å². The number of aromatic amines is 1. The summed E-state index contributed by atoms with van der Waals surface area (Å²) in [5.41, 5.74) is 5.33. The van der Waals surface area contributed by atoms with E-state index in [0.29, 0.717) is 5.75 Å². The van der Waals surface area contributed by atoms with Crippen molar-refractivity contribution in [1.29, 1.82) is 0 Å². The molecule has 3 aromatic rings. The van der Waals surface area contributed by atoms with E-state index in [1.165, 1.54) is 16.6 Å². The average Bonchev–Trinajstić information content (AvgIpc) is 3.31. The lowest BCUT2D eigenvalue weighted by Crippen LogP contribution is -2.48. The van der Waals surface area contributed by atoms with Crippen LogP contribution in [0.5, 0.6) is 0 Å². The highest BCUT2D eigenvalue weighted by molar-refractivity contribution is 7.99. The Bertz CT molecular complexity index is 820. The minimum atomic E-state index is 0.246. The lowest BCUT2D eigenvalue weighted by atomic mass is 10.2. The summed E-state index contributed by atoms with van der Waals surface area (Å²) < 4.78 is 0. The number of piperazine rings is 1. The zero-order valence-electron chi connectivity index (χ0n) is 14.6. The van der Waals surface area contributed by atoms with E-state index in [-0.39, 0.29) is 5.91 Å². The standard InChI is InChI=1S/C19H22N4OS2/c24-19(13-25-11-17-12-26-14-20-17)23-7-5-22(6-8-23)10-16-9-15-3-1-2-4-18(15)21-16/h1-4,9,12,14,21H,5-8,10-11,13H2. The Morgan fingerprint density at radius 3 is 2.85 bits per heavy atom. The van der Waals surface area contributed by atoms with E-state index in [0.717, 1.165) is 44.2 Å². The van der Waals surface area contributed by atoms with Crippen LogP contribution in [0.3, 0.4) is 0 Å². The fourth-order valence-electron chi connectivity index (χ4n) is 3.26. The van der Waals surface area contributed by atoms with Crippen molar-refractivity contribution >= 4 is 39.9 Å². The smallest absolute Gasteiger partial charge is 0.232 e. The molecule has 0 atom stereocenters. The van der Waals surface area contributed by atoms with Gasteiger partial charge in [0.05, 0.1) is 17.0 Å². The van der Waals surface area contributed by atoms with Crippen LogP contribution in [-0.2, 0) is 17.1 Å². The number of H-pyrrole nitrogens is 1. The maximum Gasteiger partial charge on any atom is 0.232 e. The highest BCUT2D eigenvalue weighted by Crippen LogP contribution is 2.17. The summed E-state index contributed by atoms with van der Waals surface area (Å²) in [4.78, 5) is 24.5. The van der Waals surface area contributed by atoms with Crippen molar-refractivity contribution in [3.63, 3.8) is 0 Å². The second-order valence-corrected chi connectivity index (χ2v) is 8.22. The van der Waals surface area contributed by atoms with Crippen LogP contribution < -0.4 is 0 Å². The number of hydrogen-bond acceptors (Lipinski definition) is 5. The van der Waals surface area contributed by atoms with Crippen molar-refractivity contribution in [1.82, 2.24) is 19.8 Å². The summed E-state index contributed by atoms with van der Waals surface area (Å²) in [6.07, 6.45) is 0. The lowest BCUT2D eigenvalue weighted by molar-refractivity contribution is -0.130. The van der Waals surface area contributed by atoms with Crippen LogP contribution in [0.2, 0.25) is 0 Å². The Labute approximate surface area is 161 Å². The van der Waals surface area contributed by atoms with Gasteiger partial charge in [0.15, 0.2) is 0 Å². The third-order valence-corrected chi connectivity index (χ3v) is 6.25. The molecule has 0 bridgehead atoms. The van der Waals surface area contributed by atoms with Gasteiger partial charge in [0.1, 0.15) is 0 Å². The first kappa shape index (κ1) is 17.6. The molecule has 4 rings (SSSR count). The summed E-state index contributed by atoms with van der Waals surface area (Å²) >= 11 is 3.25. The third kappa shape index (κ3) is 4.28. The molecule has 136 valence electrons. The van der Waals surface area contributed by atoms with E-state index in [1.54, 1.807) is 23.1 Å². The van der Waals surface area contributed by atoms with Crippen molar-refractivity contribution in [3.8, 4) is 0 Å². The molecule has 1 aromatic carbocycles. The summed E-state index contributed by atoms with van der Waals surface area (Å²) in [5.74, 6) is 1.60. The van der Waals surface area contributed by atoms with Gasteiger partial charge in [-0.3, -0.25) is 9.69 Å². The van der Waals surface area contributed by atoms with Crippen LogP contribution in [0.1, 0.15) is 11.4 Å². The van der Waals surface area contributed by atoms with Crippen molar-refractivity contribution < 1.29 is 4.79 Å². The van der Waals surface area contributed by atoms with Crippen LogP contribution in [0.15, 0.2) is 41.2 Å². The topological polar surface area (TPSA) is 52.2 Å². The number of amides is 1. The fourth-order valence-corrected chi connectivity index (χ4v) is 4.75. The Balaban J connectivity index is 1.22. The van der Waals surface area contributed by atoms with Gasteiger partial charge in [-0.2, -0.15) is 0 Å². The van der Waals surface area contributed by atoms with E-state index in [9.17, 15) is 4.79 Å². The molecule has 26 heavy (non-hydrogen) atoms. The molecule has 1 amide bonds. The van der Waals surface area contributed by atoms with E-state index >= 15 is 0 Å². The zero-order chi connectivity index (χ0) is 17.8. The number of thioether (sulfide) groups is 1. The molecule has 3 heterocycles. The Hall–Kier alpha value is -1.83. The minimum absolute atomic E-state index is 0.246. The number of nitrogens with one attached hydrogen (secondary N) is 1. The molecule has 1 fully saturated rings. The summed E-state index contributed by atoms with van der Waals surface area (Å²) in [7, 11) is 0. The third-order valence-electron chi connectivity index (χ3n) is 4.66. The van der Waals surface area contributed by atoms with Gasteiger partial charge in [0.2, 0.25) is 5.91 Å². The Morgan fingerprint density at radius 2 is 2.08 bits per heavy atom. The molecule has 0 radical (unpaired) electrons. The van der Waals surface area contributed by atoms with Gasteiger partial charge in [-0.25, -0.2) is 4.98 Å². The van der Waals surface area contributed by atoms with Gasteiger partial charge in [-0.05, 0) is 17.5 Å². The molecule has 0 spiro atoms. The number of fused-ring (bicyclic) bond motifs is 1. The second kappa shape index (κ2) is 8.24. The number of para-hydroxylation sites is 1. The average molecular weight is 387 g/mol. The first-order valence-corrected chi connectivity index (χ1v) is 10.9. The number of carbonyl (C=O) groups excluding carboxylic acids is 1. The molecule has 2 aromatic heterocycles. The lowest BCUT2D eigenvalue weighted by Gasteiger charge is -2.34. The zero-order valence-corrected chi connectivity index (χ0v) is 16.2. The van der Waals surface area contributed by atoms with E-state index in [1.807, 2.05) is 15.8 Å². The molecule has 0 saturated carbocycles. The van der Waals surface area contributed by atoms with Gasteiger partial charge in [0.25, 0.3) is 0 Å². The molecule has 5 nitrogen and oxygen atoms in total. The van der Waals surface area contributed by atoms with Gasteiger partial charge in [-0.1, -0.05) is 18.2 Å². The molecule has 0 aliphatic carbocycles. The largest absolute Gasteiger partial charge is 0.357 e. The van der Waals surface area contributed by atoms with Gasteiger partial charge >= 0.3 is 0 Å².